The number of nitrogens with zero attached hydrogens (tertiary/aromatic N) is 1. The number of benzene rings is 1. The Morgan fingerprint density at radius 1 is 1.30 bits per heavy atom. The number of anilines is 1. The number of ether oxygens (including phenoxy) is 1. The molecule has 2 rings (SSSR count). The van der Waals surface area contributed by atoms with Gasteiger partial charge in [-0.1, -0.05) is 12.1 Å². The lowest BCUT2D eigenvalue weighted by atomic mass is 10.0. The fourth-order valence-corrected chi connectivity index (χ4v) is 3.14. The molecule has 0 fully saturated rings. The average Bonchev–Trinajstić information content (AvgIpc) is 2.62. The van der Waals surface area contributed by atoms with Crippen molar-refractivity contribution in [3.63, 3.8) is 0 Å². The Labute approximate surface area is 160 Å². The van der Waals surface area contributed by atoms with E-state index in [1.807, 2.05) is 0 Å². The number of hydrogen-bond donors (Lipinski definition) is 2. The van der Waals surface area contributed by atoms with Gasteiger partial charge in [0, 0.05) is 25.0 Å². The molecule has 0 saturated carbocycles. The van der Waals surface area contributed by atoms with E-state index in [2.05, 4.69) is 11.4 Å². The largest absolute Gasteiger partial charge is 0.383 e. The zero-order chi connectivity index (χ0) is 19.6. The molecule has 1 aromatic carbocycles. The third-order valence-electron chi connectivity index (χ3n) is 4.46. The van der Waals surface area contributed by atoms with E-state index in [0.717, 1.165) is 36.3 Å². The number of carbonyl (C=O) groups is 2. The van der Waals surface area contributed by atoms with Gasteiger partial charge in [0.1, 0.15) is 5.82 Å². The van der Waals surface area contributed by atoms with Gasteiger partial charge in [-0.05, 0) is 43.9 Å². The monoisotopic (exact) mass is 378 g/mol. The van der Waals surface area contributed by atoms with E-state index in [1.165, 1.54) is 18.2 Å². The number of allylic oxidation sites excluding steroid dienone is 2. The molecule has 0 spiro atoms. The molecule has 0 aromatic heterocycles. The van der Waals surface area contributed by atoms with Crippen LogP contribution in [0.25, 0.3) is 0 Å². The minimum absolute atomic E-state index is 0.0174. The fraction of sp³-hybridized carbons (Fsp3) is 0.500. The number of likely N-dealkylation sites (N-methyl/N-ethyl adjacent to an activating group) is 1. The number of halogens is 1. The van der Waals surface area contributed by atoms with Crippen LogP contribution in [-0.2, 0) is 14.3 Å². The summed E-state index contributed by atoms with van der Waals surface area (Å²) in [6.45, 7) is 1.32. The van der Waals surface area contributed by atoms with Crippen molar-refractivity contribution in [2.45, 2.75) is 25.7 Å². The summed E-state index contributed by atoms with van der Waals surface area (Å²) < 4.78 is 18.3. The molecule has 0 radical (unpaired) electrons. The molecule has 0 bridgehead atoms. The first-order valence-corrected chi connectivity index (χ1v) is 9.34. The predicted molar refractivity (Wildman–Crippen MR) is 102 cm³/mol. The fourth-order valence-electron chi connectivity index (χ4n) is 3.14. The molecular weight excluding hydrogens is 349 g/mol. The summed E-state index contributed by atoms with van der Waals surface area (Å²) in [4.78, 5) is 27.5. The molecule has 27 heavy (non-hydrogen) atoms. The number of methoxy groups -OCH3 is 1. The number of hydrogen-bond acceptors (Lipinski definition) is 3. The highest BCUT2D eigenvalue weighted by Gasteiger charge is 2.23. The highest BCUT2D eigenvalue weighted by molar-refractivity contribution is 5.91. The van der Waals surface area contributed by atoms with Gasteiger partial charge in [0.05, 0.1) is 13.7 Å². The van der Waals surface area contributed by atoms with Gasteiger partial charge in [-0.25, -0.2) is 4.39 Å². The smallest absolute Gasteiger partial charge is 0.281 e. The van der Waals surface area contributed by atoms with Crippen molar-refractivity contribution >= 4 is 17.5 Å². The van der Waals surface area contributed by atoms with E-state index in [1.54, 1.807) is 25.1 Å². The minimum atomic E-state index is -0.404. The van der Waals surface area contributed by atoms with Crippen LogP contribution in [0.4, 0.5) is 10.1 Å². The maximum Gasteiger partial charge on any atom is 0.281 e. The van der Waals surface area contributed by atoms with Crippen molar-refractivity contribution < 1.29 is 23.6 Å². The summed E-state index contributed by atoms with van der Waals surface area (Å²) in [5, 5.41) is 2.66. The van der Waals surface area contributed by atoms with Gasteiger partial charge in [0.25, 0.3) is 11.8 Å². The van der Waals surface area contributed by atoms with Crippen LogP contribution >= 0.6 is 0 Å². The molecule has 6 nitrogen and oxygen atoms in total. The van der Waals surface area contributed by atoms with Crippen molar-refractivity contribution in [3.8, 4) is 0 Å². The van der Waals surface area contributed by atoms with Gasteiger partial charge in [-0.3, -0.25) is 9.59 Å². The van der Waals surface area contributed by atoms with Gasteiger partial charge < -0.3 is 19.9 Å². The number of nitrogens with one attached hydrogen (secondary N) is 2. The maximum absolute atomic E-state index is 13.2. The standard InChI is InChI=1S/C20H28FN3O3/c1-23(14-19(25)22-17-8-6-7-16(21)13-17)15-20(26)24(11-12-27-2)18-9-4-3-5-10-18/h6-9,13H,3-5,10-12,14-15H2,1-2H3,(H,22,25)/p+1. The highest BCUT2D eigenvalue weighted by Crippen LogP contribution is 2.20. The lowest BCUT2D eigenvalue weighted by molar-refractivity contribution is -0.862. The van der Waals surface area contributed by atoms with Crippen LogP contribution in [0.5, 0.6) is 0 Å². The number of amides is 2. The Hall–Kier alpha value is -2.25. The van der Waals surface area contributed by atoms with Crippen molar-refractivity contribution in [2.75, 3.05) is 45.7 Å². The predicted octanol–water partition coefficient (Wildman–Crippen LogP) is 1.21. The van der Waals surface area contributed by atoms with Crippen LogP contribution in [0.2, 0.25) is 0 Å². The van der Waals surface area contributed by atoms with Crippen LogP contribution in [0.3, 0.4) is 0 Å². The normalized spacial score (nSPS) is 15.0. The number of quaternary nitrogens is 1. The minimum Gasteiger partial charge on any atom is -0.383 e. The van der Waals surface area contributed by atoms with Crippen LogP contribution in [0.1, 0.15) is 25.7 Å². The Morgan fingerprint density at radius 2 is 2.11 bits per heavy atom. The second-order valence-corrected chi connectivity index (χ2v) is 6.85. The van der Waals surface area contributed by atoms with Crippen LogP contribution < -0.4 is 10.2 Å². The Morgan fingerprint density at radius 3 is 2.78 bits per heavy atom. The van der Waals surface area contributed by atoms with Gasteiger partial charge in [0.15, 0.2) is 13.1 Å². The van der Waals surface area contributed by atoms with Crippen LogP contribution in [0.15, 0.2) is 36.0 Å². The molecule has 0 saturated heterocycles. The zero-order valence-electron chi connectivity index (χ0n) is 16.1. The topological polar surface area (TPSA) is 63.1 Å². The summed E-state index contributed by atoms with van der Waals surface area (Å²) in [6, 6.07) is 5.75. The lowest BCUT2D eigenvalue weighted by Crippen LogP contribution is -3.11. The van der Waals surface area contributed by atoms with Crippen LogP contribution in [-0.4, -0.2) is 57.1 Å². The zero-order valence-corrected chi connectivity index (χ0v) is 16.1. The first-order valence-electron chi connectivity index (χ1n) is 9.34. The van der Waals surface area contributed by atoms with Crippen molar-refractivity contribution in [1.29, 1.82) is 0 Å². The molecule has 1 aliphatic carbocycles. The summed E-state index contributed by atoms with van der Waals surface area (Å²) in [5.74, 6) is -0.680. The third kappa shape index (κ3) is 7.11. The first-order chi connectivity index (χ1) is 13.0. The highest BCUT2D eigenvalue weighted by atomic mass is 19.1. The second-order valence-electron chi connectivity index (χ2n) is 6.85. The molecule has 1 aromatic rings. The summed E-state index contributed by atoms with van der Waals surface area (Å²) in [5.41, 5.74) is 1.47. The lowest BCUT2D eigenvalue weighted by Gasteiger charge is -2.28. The molecule has 0 aliphatic heterocycles. The third-order valence-corrected chi connectivity index (χ3v) is 4.46. The van der Waals surface area contributed by atoms with Gasteiger partial charge >= 0.3 is 0 Å². The Balaban J connectivity index is 1.89. The van der Waals surface area contributed by atoms with Crippen molar-refractivity contribution in [2.24, 2.45) is 0 Å². The van der Waals surface area contributed by atoms with E-state index in [9.17, 15) is 14.0 Å². The van der Waals surface area contributed by atoms with Crippen LogP contribution in [0, 0.1) is 5.82 Å². The van der Waals surface area contributed by atoms with E-state index in [-0.39, 0.29) is 24.9 Å². The molecule has 2 amide bonds. The molecule has 1 unspecified atom stereocenters. The molecular formula is C20H29FN3O3+. The van der Waals surface area contributed by atoms with Gasteiger partial charge in [0.2, 0.25) is 0 Å². The quantitative estimate of drug-likeness (QED) is 0.679. The molecule has 0 heterocycles. The van der Waals surface area contributed by atoms with E-state index in [4.69, 9.17) is 4.74 Å². The average molecular weight is 378 g/mol. The summed E-state index contributed by atoms with van der Waals surface area (Å²) in [6.07, 6.45) is 6.25. The number of rotatable bonds is 9. The van der Waals surface area contributed by atoms with E-state index >= 15 is 0 Å². The van der Waals surface area contributed by atoms with Crippen molar-refractivity contribution in [1.82, 2.24) is 4.90 Å². The molecule has 148 valence electrons. The SMILES string of the molecule is COCCN(C(=O)C[NH+](C)CC(=O)Nc1cccc(F)c1)C1=CCCCC1. The van der Waals surface area contributed by atoms with E-state index < -0.39 is 5.82 Å². The summed E-state index contributed by atoms with van der Waals surface area (Å²) in [7, 11) is 3.42. The maximum atomic E-state index is 13.2. The van der Waals surface area contributed by atoms with Gasteiger partial charge in [-0.2, -0.15) is 0 Å². The Kier molecular flexibility index (Phi) is 8.42. The van der Waals surface area contributed by atoms with Crippen molar-refractivity contribution in [3.05, 3.63) is 41.9 Å². The van der Waals surface area contributed by atoms with E-state index in [0.29, 0.717) is 18.8 Å². The molecule has 1 aliphatic rings. The first kappa shape index (κ1) is 21.1. The molecule has 2 N–H and O–H groups in total. The second kappa shape index (κ2) is 10.8. The summed E-state index contributed by atoms with van der Waals surface area (Å²) >= 11 is 0. The molecule has 7 heteroatoms. The number of carbonyl (C=O) groups excluding carboxylic acids is 2. The van der Waals surface area contributed by atoms with Gasteiger partial charge in [-0.15, -0.1) is 0 Å². The Bertz CT molecular complexity index is 678. The molecule has 1 atom stereocenters.